The Hall–Kier alpha value is -0.650. The molecule has 1 N–H and O–H groups in total. The van der Waals surface area contributed by atoms with Crippen LogP contribution in [0.1, 0.15) is 26.7 Å². The number of nitrogens with zero attached hydrogens (tertiary/aromatic N) is 1. The minimum Gasteiger partial charge on any atom is -0.244 e. The van der Waals surface area contributed by atoms with Gasteiger partial charge in [0.15, 0.2) is 0 Å². The largest absolute Gasteiger partial charge is 0.244 e. The Labute approximate surface area is 107 Å². The Bertz CT molecular complexity index is 458. The molecule has 0 aliphatic carbocycles. The van der Waals surface area contributed by atoms with Gasteiger partial charge in [0.25, 0.3) is 0 Å². The van der Waals surface area contributed by atoms with Crippen LogP contribution in [0.5, 0.6) is 0 Å². The number of nitrogens with one attached hydrogen (secondary N) is 1. The van der Waals surface area contributed by atoms with Crippen LogP contribution < -0.4 is 4.72 Å². The van der Waals surface area contributed by atoms with Gasteiger partial charge in [0.05, 0.1) is 4.90 Å². The molecule has 1 aromatic rings. The standard InChI is InChI=1S/C11H17ClN2O2S/c1-3-9(4-2)8-14-17(15,16)10-5-6-13-11(12)7-10/h5-7,9,14H,3-4,8H2,1-2H3. The van der Waals surface area contributed by atoms with E-state index in [1.807, 2.05) is 13.8 Å². The zero-order chi connectivity index (χ0) is 12.9. The van der Waals surface area contributed by atoms with E-state index >= 15 is 0 Å². The molecule has 1 rings (SSSR count). The van der Waals surface area contributed by atoms with Crippen LogP contribution in [0.4, 0.5) is 0 Å². The van der Waals surface area contributed by atoms with Crippen molar-refractivity contribution in [1.29, 1.82) is 0 Å². The maximum Gasteiger partial charge on any atom is 0.240 e. The van der Waals surface area contributed by atoms with Crippen molar-refractivity contribution in [1.82, 2.24) is 9.71 Å². The number of aromatic nitrogens is 1. The van der Waals surface area contributed by atoms with E-state index in [0.717, 1.165) is 12.8 Å². The number of hydrogen-bond donors (Lipinski definition) is 1. The predicted octanol–water partition coefficient (Wildman–Crippen LogP) is 2.45. The lowest BCUT2D eigenvalue weighted by Crippen LogP contribution is -2.29. The first kappa shape index (κ1) is 14.4. The summed E-state index contributed by atoms with van der Waals surface area (Å²) >= 11 is 5.66. The highest BCUT2D eigenvalue weighted by Crippen LogP contribution is 2.13. The van der Waals surface area contributed by atoms with E-state index in [0.29, 0.717) is 12.5 Å². The van der Waals surface area contributed by atoms with Gasteiger partial charge in [-0.25, -0.2) is 18.1 Å². The van der Waals surface area contributed by atoms with Gasteiger partial charge in [0, 0.05) is 12.7 Å². The SMILES string of the molecule is CCC(CC)CNS(=O)(=O)c1ccnc(Cl)c1. The molecule has 6 heteroatoms. The molecular formula is C11H17ClN2O2S. The van der Waals surface area contributed by atoms with E-state index in [4.69, 9.17) is 11.6 Å². The molecule has 0 saturated heterocycles. The summed E-state index contributed by atoms with van der Waals surface area (Å²) in [7, 11) is -3.47. The number of pyridine rings is 1. The molecule has 0 bridgehead atoms. The van der Waals surface area contributed by atoms with Crippen LogP contribution in [0.25, 0.3) is 0 Å². The topological polar surface area (TPSA) is 59.1 Å². The first-order chi connectivity index (χ1) is 7.99. The van der Waals surface area contributed by atoms with Gasteiger partial charge < -0.3 is 0 Å². The van der Waals surface area contributed by atoms with Crippen LogP contribution in [-0.2, 0) is 10.0 Å². The molecule has 1 heterocycles. The monoisotopic (exact) mass is 276 g/mol. The van der Waals surface area contributed by atoms with E-state index in [1.54, 1.807) is 0 Å². The van der Waals surface area contributed by atoms with Gasteiger partial charge in [-0.1, -0.05) is 38.3 Å². The summed E-state index contributed by atoms with van der Waals surface area (Å²) in [6.45, 7) is 4.55. The van der Waals surface area contributed by atoms with Crippen LogP contribution >= 0.6 is 11.6 Å². The molecule has 96 valence electrons. The van der Waals surface area contributed by atoms with Gasteiger partial charge >= 0.3 is 0 Å². The highest BCUT2D eigenvalue weighted by atomic mass is 35.5. The van der Waals surface area contributed by atoms with Crippen LogP contribution in [0.2, 0.25) is 5.15 Å². The van der Waals surface area contributed by atoms with E-state index in [1.165, 1.54) is 18.3 Å². The molecule has 0 aliphatic heterocycles. The molecule has 0 unspecified atom stereocenters. The summed E-state index contributed by atoms with van der Waals surface area (Å²) in [6, 6.07) is 2.78. The minimum atomic E-state index is -3.47. The Balaban J connectivity index is 2.76. The molecule has 0 saturated carbocycles. The van der Waals surface area contributed by atoms with Crippen molar-refractivity contribution >= 4 is 21.6 Å². The third-order valence-corrected chi connectivity index (χ3v) is 4.35. The van der Waals surface area contributed by atoms with E-state index < -0.39 is 10.0 Å². The first-order valence-electron chi connectivity index (χ1n) is 5.60. The van der Waals surface area contributed by atoms with Gasteiger partial charge in [-0.15, -0.1) is 0 Å². The molecule has 0 spiro atoms. The summed E-state index contributed by atoms with van der Waals surface area (Å²) in [6.07, 6.45) is 3.29. The summed E-state index contributed by atoms with van der Waals surface area (Å²) in [5, 5.41) is 0.176. The first-order valence-corrected chi connectivity index (χ1v) is 7.47. The Kier molecular flexibility index (Phi) is 5.36. The van der Waals surface area contributed by atoms with Crippen molar-refractivity contribution in [2.45, 2.75) is 31.6 Å². The van der Waals surface area contributed by atoms with Crippen LogP contribution in [0.3, 0.4) is 0 Å². The van der Waals surface area contributed by atoms with Crippen LogP contribution in [0.15, 0.2) is 23.2 Å². The second-order valence-corrected chi connectivity index (χ2v) is 6.00. The normalized spacial score (nSPS) is 12.0. The minimum absolute atomic E-state index is 0.156. The zero-order valence-corrected chi connectivity index (χ0v) is 11.6. The molecule has 0 atom stereocenters. The molecule has 0 radical (unpaired) electrons. The van der Waals surface area contributed by atoms with Crippen molar-refractivity contribution in [3.05, 3.63) is 23.5 Å². The lowest BCUT2D eigenvalue weighted by molar-refractivity contribution is 0.479. The summed E-state index contributed by atoms with van der Waals surface area (Å²) in [5.41, 5.74) is 0. The van der Waals surface area contributed by atoms with Crippen molar-refractivity contribution in [3.63, 3.8) is 0 Å². The molecule has 0 aliphatic rings. The lowest BCUT2D eigenvalue weighted by Gasteiger charge is -2.13. The Morgan fingerprint density at radius 2 is 2.06 bits per heavy atom. The van der Waals surface area contributed by atoms with Gasteiger partial charge in [-0.05, 0) is 18.1 Å². The molecule has 4 nitrogen and oxygen atoms in total. The van der Waals surface area contributed by atoms with Crippen LogP contribution in [0, 0.1) is 5.92 Å². The average Bonchev–Trinajstić information content (AvgIpc) is 2.30. The Morgan fingerprint density at radius 3 is 2.59 bits per heavy atom. The van der Waals surface area contributed by atoms with Gasteiger partial charge in [-0.2, -0.15) is 0 Å². The Morgan fingerprint density at radius 1 is 1.41 bits per heavy atom. The smallest absolute Gasteiger partial charge is 0.240 e. The van der Waals surface area contributed by atoms with E-state index in [9.17, 15) is 8.42 Å². The zero-order valence-electron chi connectivity index (χ0n) is 9.98. The second-order valence-electron chi connectivity index (χ2n) is 3.85. The fourth-order valence-corrected chi connectivity index (χ4v) is 2.81. The van der Waals surface area contributed by atoms with Gasteiger partial charge in [0.1, 0.15) is 5.15 Å². The average molecular weight is 277 g/mol. The maximum absolute atomic E-state index is 11.9. The quantitative estimate of drug-likeness (QED) is 0.812. The molecule has 0 aromatic carbocycles. The fraction of sp³-hybridized carbons (Fsp3) is 0.545. The van der Waals surface area contributed by atoms with Crippen molar-refractivity contribution in [3.8, 4) is 0 Å². The van der Waals surface area contributed by atoms with Crippen molar-refractivity contribution < 1.29 is 8.42 Å². The molecule has 1 aromatic heterocycles. The predicted molar refractivity (Wildman–Crippen MR) is 68.5 cm³/mol. The third kappa shape index (κ3) is 4.26. The summed E-state index contributed by atoms with van der Waals surface area (Å²) in [5.74, 6) is 0.363. The van der Waals surface area contributed by atoms with Gasteiger partial charge in [0.2, 0.25) is 10.0 Å². The molecule has 0 fully saturated rings. The second kappa shape index (κ2) is 6.33. The van der Waals surface area contributed by atoms with E-state index in [2.05, 4.69) is 9.71 Å². The fourth-order valence-electron chi connectivity index (χ4n) is 1.44. The third-order valence-electron chi connectivity index (χ3n) is 2.73. The molecule has 17 heavy (non-hydrogen) atoms. The maximum atomic E-state index is 11.9. The molecule has 0 amide bonds. The number of halogens is 1. The van der Waals surface area contributed by atoms with E-state index in [-0.39, 0.29) is 10.0 Å². The number of hydrogen-bond acceptors (Lipinski definition) is 3. The number of rotatable bonds is 6. The summed E-state index contributed by atoms with van der Waals surface area (Å²) in [4.78, 5) is 3.91. The highest BCUT2D eigenvalue weighted by molar-refractivity contribution is 7.89. The molecular weight excluding hydrogens is 260 g/mol. The highest BCUT2D eigenvalue weighted by Gasteiger charge is 2.15. The number of sulfonamides is 1. The van der Waals surface area contributed by atoms with Crippen molar-refractivity contribution in [2.24, 2.45) is 5.92 Å². The summed E-state index contributed by atoms with van der Waals surface area (Å²) < 4.78 is 26.4. The van der Waals surface area contributed by atoms with Crippen LogP contribution in [-0.4, -0.2) is 19.9 Å². The lowest BCUT2D eigenvalue weighted by atomic mass is 10.0. The van der Waals surface area contributed by atoms with Gasteiger partial charge in [-0.3, -0.25) is 0 Å². The van der Waals surface area contributed by atoms with Crippen molar-refractivity contribution in [2.75, 3.05) is 6.54 Å².